The molecule has 3 rings (SSSR count). The second-order valence-electron chi connectivity index (χ2n) is 7.84. The number of nitrogens with one attached hydrogen (secondary N) is 2. The van der Waals surface area contributed by atoms with E-state index in [0.29, 0.717) is 12.3 Å². The Hall–Kier alpha value is -2.04. The van der Waals surface area contributed by atoms with Gasteiger partial charge in [-0.1, -0.05) is 35.9 Å². The number of ether oxygens (including phenoxy) is 3. The quantitative estimate of drug-likeness (QED) is 0.273. The number of hydrogen-bond acceptors (Lipinski definition) is 5. The van der Waals surface area contributed by atoms with Gasteiger partial charge in [0.25, 0.3) is 0 Å². The summed E-state index contributed by atoms with van der Waals surface area (Å²) in [5.74, 6) is 2.23. The predicted octanol–water partition coefficient (Wildman–Crippen LogP) is 3.76. The third-order valence-corrected chi connectivity index (χ3v) is 5.59. The molecule has 1 saturated heterocycles. The molecule has 1 fully saturated rings. The Morgan fingerprint density at radius 3 is 2.48 bits per heavy atom. The van der Waals surface area contributed by atoms with Crippen LogP contribution in [0.3, 0.4) is 0 Å². The molecule has 1 aliphatic heterocycles. The van der Waals surface area contributed by atoms with Crippen molar-refractivity contribution in [2.24, 2.45) is 4.99 Å². The maximum absolute atomic E-state index is 5.58. The lowest BCUT2D eigenvalue weighted by Crippen LogP contribution is -2.46. The average molecular weight is 569 g/mol. The van der Waals surface area contributed by atoms with Gasteiger partial charge in [0.15, 0.2) is 17.5 Å². The molecule has 182 valence electrons. The molecule has 0 aliphatic carbocycles. The summed E-state index contributed by atoms with van der Waals surface area (Å²) in [6.45, 7) is 9.73. The molecular weight excluding hydrogens is 531 g/mol. The van der Waals surface area contributed by atoms with Crippen molar-refractivity contribution in [3.63, 3.8) is 0 Å². The van der Waals surface area contributed by atoms with Crippen LogP contribution in [0.5, 0.6) is 11.5 Å². The van der Waals surface area contributed by atoms with Crippen LogP contribution in [0.2, 0.25) is 0 Å². The molecule has 1 aliphatic rings. The van der Waals surface area contributed by atoms with Gasteiger partial charge in [-0.05, 0) is 37.1 Å². The van der Waals surface area contributed by atoms with E-state index in [1.165, 1.54) is 11.1 Å². The smallest absolute Gasteiger partial charge is 0.191 e. The minimum absolute atomic E-state index is 0. The summed E-state index contributed by atoms with van der Waals surface area (Å²) >= 11 is 0. The number of benzene rings is 2. The number of hydrogen-bond donors (Lipinski definition) is 2. The molecule has 2 aromatic carbocycles. The molecule has 2 N–H and O–H groups in total. The highest BCUT2D eigenvalue weighted by Gasteiger charge is 2.23. The molecule has 0 amide bonds. The SMILES string of the molecule is CCNC(=NCc1ccc(OC)c(OC)c1)NCC(c1cccc(C)c1)N1CCOCC1.I. The second kappa shape index (κ2) is 14.3. The van der Waals surface area contributed by atoms with Crippen LogP contribution in [0.4, 0.5) is 0 Å². The number of halogens is 1. The zero-order valence-electron chi connectivity index (χ0n) is 20.1. The van der Waals surface area contributed by atoms with E-state index < -0.39 is 0 Å². The first-order valence-corrected chi connectivity index (χ1v) is 11.3. The Bertz CT molecular complexity index is 888. The minimum Gasteiger partial charge on any atom is -0.493 e. The molecule has 0 spiro atoms. The zero-order chi connectivity index (χ0) is 22.8. The molecule has 1 unspecified atom stereocenters. The van der Waals surface area contributed by atoms with E-state index in [1.54, 1.807) is 14.2 Å². The van der Waals surface area contributed by atoms with Gasteiger partial charge in [0.2, 0.25) is 0 Å². The lowest BCUT2D eigenvalue weighted by atomic mass is 10.0. The van der Waals surface area contributed by atoms with Crippen molar-refractivity contribution in [1.29, 1.82) is 0 Å². The van der Waals surface area contributed by atoms with Crippen LogP contribution in [0.25, 0.3) is 0 Å². The maximum atomic E-state index is 5.58. The van der Waals surface area contributed by atoms with Crippen LogP contribution in [0.15, 0.2) is 47.5 Å². The van der Waals surface area contributed by atoms with Crippen molar-refractivity contribution in [2.75, 3.05) is 53.6 Å². The van der Waals surface area contributed by atoms with Crippen molar-refractivity contribution in [1.82, 2.24) is 15.5 Å². The molecule has 0 aromatic heterocycles. The van der Waals surface area contributed by atoms with E-state index in [2.05, 4.69) is 53.6 Å². The van der Waals surface area contributed by atoms with E-state index in [4.69, 9.17) is 19.2 Å². The summed E-state index contributed by atoms with van der Waals surface area (Å²) in [6.07, 6.45) is 0. The van der Waals surface area contributed by atoms with Gasteiger partial charge in [-0.3, -0.25) is 4.90 Å². The van der Waals surface area contributed by atoms with Crippen LogP contribution < -0.4 is 20.1 Å². The van der Waals surface area contributed by atoms with Gasteiger partial charge in [0.1, 0.15) is 0 Å². The second-order valence-corrected chi connectivity index (χ2v) is 7.84. The Labute approximate surface area is 214 Å². The Kier molecular flexibility index (Phi) is 11.8. The van der Waals surface area contributed by atoms with Crippen LogP contribution in [0, 0.1) is 6.92 Å². The average Bonchev–Trinajstić information content (AvgIpc) is 2.83. The van der Waals surface area contributed by atoms with Crippen LogP contribution in [-0.2, 0) is 11.3 Å². The summed E-state index contributed by atoms with van der Waals surface area (Å²) in [5, 5.41) is 6.92. The van der Waals surface area contributed by atoms with Gasteiger partial charge in [0, 0.05) is 26.2 Å². The summed E-state index contributed by atoms with van der Waals surface area (Å²) in [6, 6.07) is 14.9. The Balaban J connectivity index is 0.00000385. The number of guanidine groups is 1. The molecule has 0 saturated carbocycles. The first-order chi connectivity index (χ1) is 15.6. The summed E-state index contributed by atoms with van der Waals surface area (Å²) < 4.78 is 16.3. The van der Waals surface area contributed by atoms with Crippen LogP contribution in [0.1, 0.15) is 29.7 Å². The molecule has 33 heavy (non-hydrogen) atoms. The van der Waals surface area contributed by atoms with Crippen molar-refractivity contribution in [2.45, 2.75) is 26.4 Å². The van der Waals surface area contributed by atoms with Crippen molar-refractivity contribution >= 4 is 29.9 Å². The van der Waals surface area contributed by atoms with E-state index >= 15 is 0 Å². The largest absolute Gasteiger partial charge is 0.493 e. The normalized spacial score (nSPS) is 15.3. The minimum atomic E-state index is 0. The van der Waals surface area contributed by atoms with Crippen molar-refractivity contribution in [3.8, 4) is 11.5 Å². The third-order valence-electron chi connectivity index (χ3n) is 5.59. The first kappa shape index (κ1) is 27.2. The molecular formula is C25H37IN4O3. The lowest BCUT2D eigenvalue weighted by molar-refractivity contribution is 0.0170. The fourth-order valence-corrected chi connectivity index (χ4v) is 3.91. The van der Waals surface area contributed by atoms with Gasteiger partial charge in [0.05, 0.1) is 40.0 Å². The fraction of sp³-hybridized carbons (Fsp3) is 0.480. The summed E-state index contributed by atoms with van der Waals surface area (Å²) in [4.78, 5) is 7.29. The summed E-state index contributed by atoms with van der Waals surface area (Å²) in [7, 11) is 3.29. The molecule has 1 heterocycles. The monoisotopic (exact) mass is 568 g/mol. The van der Waals surface area contributed by atoms with Gasteiger partial charge < -0.3 is 24.8 Å². The third kappa shape index (κ3) is 8.04. The molecule has 0 radical (unpaired) electrons. The first-order valence-electron chi connectivity index (χ1n) is 11.3. The number of morpholine rings is 1. The van der Waals surface area contributed by atoms with Crippen molar-refractivity contribution < 1.29 is 14.2 Å². The van der Waals surface area contributed by atoms with Gasteiger partial charge in [-0.15, -0.1) is 24.0 Å². The number of aryl methyl sites for hydroxylation is 1. The van der Waals surface area contributed by atoms with Crippen molar-refractivity contribution in [3.05, 3.63) is 59.2 Å². The fourth-order valence-electron chi connectivity index (χ4n) is 3.91. The highest BCUT2D eigenvalue weighted by molar-refractivity contribution is 14.0. The number of methoxy groups -OCH3 is 2. The van der Waals surface area contributed by atoms with Crippen LogP contribution in [-0.4, -0.2) is 64.5 Å². The Morgan fingerprint density at radius 1 is 1.06 bits per heavy atom. The maximum Gasteiger partial charge on any atom is 0.191 e. The van der Waals surface area contributed by atoms with E-state index in [0.717, 1.165) is 56.7 Å². The molecule has 0 bridgehead atoms. The molecule has 7 nitrogen and oxygen atoms in total. The van der Waals surface area contributed by atoms with E-state index in [9.17, 15) is 0 Å². The number of aliphatic imine (C=N–C) groups is 1. The lowest BCUT2D eigenvalue weighted by Gasteiger charge is -2.35. The standard InChI is InChI=1S/C25H36N4O3.HI/c1-5-26-25(27-17-20-9-10-23(30-3)24(16-20)31-4)28-18-22(29-11-13-32-14-12-29)21-8-6-7-19(2)15-21;/h6-10,15-16,22H,5,11-14,17-18H2,1-4H3,(H2,26,27,28);1H. The molecule has 2 aromatic rings. The number of nitrogens with zero attached hydrogens (tertiary/aromatic N) is 2. The van der Waals surface area contributed by atoms with Gasteiger partial charge in [-0.25, -0.2) is 4.99 Å². The van der Waals surface area contributed by atoms with Gasteiger partial charge >= 0.3 is 0 Å². The molecule has 1 atom stereocenters. The highest BCUT2D eigenvalue weighted by atomic mass is 127. The highest BCUT2D eigenvalue weighted by Crippen LogP contribution is 2.28. The van der Waals surface area contributed by atoms with E-state index in [-0.39, 0.29) is 30.0 Å². The van der Waals surface area contributed by atoms with E-state index in [1.807, 2.05) is 18.2 Å². The van der Waals surface area contributed by atoms with Crippen LogP contribution >= 0.6 is 24.0 Å². The topological polar surface area (TPSA) is 67.4 Å². The Morgan fingerprint density at radius 2 is 1.82 bits per heavy atom. The number of rotatable bonds is 9. The van der Waals surface area contributed by atoms with Gasteiger partial charge in [-0.2, -0.15) is 0 Å². The molecule has 8 heteroatoms. The zero-order valence-corrected chi connectivity index (χ0v) is 22.4. The summed E-state index contributed by atoms with van der Waals surface area (Å²) in [5.41, 5.74) is 3.65. The predicted molar refractivity (Wildman–Crippen MR) is 144 cm³/mol.